The monoisotopic (exact) mass is 332 g/mol. The van der Waals surface area contributed by atoms with E-state index >= 15 is 0 Å². The Hall–Kier alpha value is -2.90. The van der Waals surface area contributed by atoms with E-state index in [1.54, 1.807) is 6.20 Å². The molecule has 0 fully saturated rings. The van der Waals surface area contributed by atoms with Crippen molar-refractivity contribution < 1.29 is 0 Å². The van der Waals surface area contributed by atoms with Gasteiger partial charge < -0.3 is 0 Å². The Balaban J connectivity index is 1.94. The third-order valence-electron chi connectivity index (χ3n) is 4.29. The van der Waals surface area contributed by atoms with Gasteiger partial charge >= 0.3 is 0 Å². The second kappa shape index (κ2) is 5.95. The molecule has 1 N–H and O–H groups in total. The van der Waals surface area contributed by atoms with Gasteiger partial charge in [-0.2, -0.15) is 10.4 Å². The van der Waals surface area contributed by atoms with Gasteiger partial charge in [0.2, 0.25) is 0 Å². The highest BCUT2D eigenvalue weighted by molar-refractivity contribution is 6.31. The molecule has 2 heterocycles. The Bertz CT molecular complexity index is 953. The van der Waals surface area contributed by atoms with E-state index in [-0.39, 0.29) is 5.92 Å². The molecule has 116 valence electrons. The summed E-state index contributed by atoms with van der Waals surface area (Å²) in [6.45, 7) is 0. The topological polar surface area (TPSA) is 64.8 Å². The number of aliphatic imine (C=N–C) groups is 1. The number of hydrogen-bond acceptors (Lipinski definition) is 3. The standard InChI is InChI=1S/C19H13ClN4/c20-16-9-5-4-8-13(16)17-14(10-21)18(12-6-2-1-3-7-12)23-19-15(17)11-22-24-19/h1-9,11,14,17H,(H,22,24). The van der Waals surface area contributed by atoms with E-state index in [1.807, 2.05) is 54.6 Å². The Labute approximate surface area is 144 Å². The molecule has 4 rings (SSSR count). The maximum atomic E-state index is 9.90. The highest BCUT2D eigenvalue weighted by Crippen LogP contribution is 2.44. The third-order valence-corrected chi connectivity index (χ3v) is 4.64. The van der Waals surface area contributed by atoms with E-state index in [2.05, 4.69) is 21.3 Å². The van der Waals surface area contributed by atoms with Gasteiger partial charge in [0.1, 0.15) is 5.92 Å². The fraction of sp³-hybridized carbons (Fsp3) is 0.105. The highest BCUT2D eigenvalue weighted by Gasteiger charge is 2.37. The number of aromatic nitrogens is 2. The molecule has 0 spiro atoms. The lowest BCUT2D eigenvalue weighted by Crippen LogP contribution is -2.26. The molecule has 0 radical (unpaired) electrons. The Morgan fingerprint density at radius 2 is 1.75 bits per heavy atom. The molecule has 2 atom stereocenters. The van der Waals surface area contributed by atoms with E-state index in [0.717, 1.165) is 22.4 Å². The predicted octanol–water partition coefficient (Wildman–Crippen LogP) is 4.47. The molecular weight excluding hydrogens is 320 g/mol. The van der Waals surface area contributed by atoms with Crippen LogP contribution in [0.3, 0.4) is 0 Å². The van der Waals surface area contributed by atoms with Crippen molar-refractivity contribution in [1.82, 2.24) is 10.2 Å². The number of nitrogens with one attached hydrogen (secondary N) is 1. The van der Waals surface area contributed by atoms with Gasteiger partial charge in [-0.15, -0.1) is 0 Å². The molecule has 24 heavy (non-hydrogen) atoms. The number of nitriles is 1. The van der Waals surface area contributed by atoms with Crippen LogP contribution in [0.2, 0.25) is 5.02 Å². The zero-order valence-electron chi connectivity index (χ0n) is 12.6. The molecule has 0 saturated carbocycles. The van der Waals surface area contributed by atoms with Crippen molar-refractivity contribution in [2.24, 2.45) is 10.9 Å². The van der Waals surface area contributed by atoms with Crippen LogP contribution in [0.15, 0.2) is 65.8 Å². The number of rotatable bonds is 2. The van der Waals surface area contributed by atoms with E-state index in [1.165, 1.54) is 0 Å². The summed E-state index contributed by atoms with van der Waals surface area (Å²) < 4.78 is 0. The fourth-order valence-corrected chi connectivity index (χ4v) is 3.45. The minimum absolute atomic E-state index is 0.204. The molecule has 1 aromatic heterocycles. The lowest BCUT2D eigenvalue weighted by atomic mass is 9.76. The molecular formula is C19H13ClN4. The van der Waals surface area contributed by atoms with Gasteiger partial charge in [0.25, 0.3) is 0 Å². The first-order valence-electron chi connectivity index (χ1n) is 7.61. The summed E-state index contributed by atoms with van der Waals surface area (Å²) in [5, 5.41) is 17.6. The lowest BCUT2D eigenvalue weighted by molar-refractivity contribution is 0.719. The zero-order chi connectivity index (χ0) is 16.5. The number of halogens is 1. The average molecular weight is 333 g/mol. The van der Waals surface area contributed by atoms with Crippen LogP contribution >= 0.6 is 11.6 Å². The van der Waals surface area contributed by atoms with Crippen LogP contribution in [0.25, 0.3) is 0 Å². The van der Waals surface area contributed by atoms with Gasteiger partial charge in [-0.25, -0.2) is 4.99 Å². The third kappa shape index (κ3) is 2.31. The van der Waals surface area contributed by atoms with E-state index in [4.69, 9.17) is 11.6 Å². The molecule has 2 aromatic carbocycles. The maximum Gasteiger partial charge on any atom is 0.152 e. The van der Waals surface area contributed by atoms with Crippen molar-refractivity contribution >= 4 is 23.1 Å². The number of nitrogens with zero attached hydrogens (tertiary/aromatic N) is 3. The van der Waals surface area contributed by atoms with Crippen LogP contribution in [-0.2, 0) is 0 Å². The van der Waals surface area contributed by atoms with Crippen molar-refractivity contribution in [3.8, 4) is 6.07 Å². The van der Waals surface area contributed by atoms with Gasteiger partial charge in [-0.05, 0) is 17.2 Å². The quantitative estimate of drug-likeness (QED) is 0.752. The Kier molecular flexibility index (Phi) is 3.64. The van der Waals surface area contributed by atoms with Crippen molar-refractivity contribution in [2.75, 3.05) is 0 Å². The molecule has 0 saturated heterocycles. The second-order valence-corrected chi connectivity index (χ2v) is 6.05. The molecule has 1 aliphatic rings. The van der Waals surface area contributed by atoms with Gasteiger partial charge in [-0.1, -0.05) is 60.1 Å². The molecule has 5 heteroatoms. The van der Waals surface area contributed by atoms with Gasteiger partial charge in [-0.3, -0.25) is 5.10 Å². The maximum absolute atomic E-state index is 9.90. The zero-order valence-corrected chi connectivity index (χ0v) is 13.4. The Morgan fingerprint density at radius 3 is 2.50 bits per heavy atom. The summed E-state index contributed by atoms with van der Waals surface area (Å²) in [6.07, 6.45) is 1.74. The molecule has 0 bridgehead atoms. The average Bonchev–Trinajstić information content (AvgIpc) is 3.10. The van der Waals surface area contributed by atoms with Crippen molar-refractivity contribution in [1.29, 1.82) is 5.26 Å². The molecule has 1 aliphatic heterocycles. The smallest absolute Gasteiger partial charge is 0.152 e. The number of benzene rings is 2. The number of fused-ring (bicyclic) bond motifs is 1. The number of H-pyrrole nitrogens is 1. The first kappa shape index (κ1) is 14.7. The van der Waals surface area contributed by atoms with Crippen LogP contribution in [0.1, 0.15) is 22.6 Å². The van der Waals surface area contributed by atoms with Crippen molar-refractivity contribution in [3.05, 3.63) is 82.5 Å². The summed E-state index contributed by atoms with van der Waals surface area (Å²) in [6, 6.07) is 19.8. The van der Waals surface area contributed by atoms with E-state index in [0.29, 0.717) is 10.8 Å². The number of hydrogen-bond donors (Lipinski definition) is 1. The molecule has 2 unspecified atom stereocenters. The van der Waals surface area contributed by atoms with Gasteiger partial charge in [0.05, 0.1) is 18.0 Å². The summed E-state index contributed by atoms with van der Waals surface area (Å²) >= 11 is 6.43. The van der Waals surface area contributed by atoms with Crippen LogP contribution in [-0.4, -0.2) is 15.9 Å². The van der Waals surface area contributed by atoms with E-state index < -0.39 is 5.92 Å². The molecule has 0 amide bonds. The Morgan fingerprint density at radius 1 is 1.00 bits per heavy atom. The molecule has 4 nitrogen and oxygen atoms in total. The first-order valence-corrected chi connectivity index (χ1v) is 7.98. The minimum Gasteiger partial charge on any atom is -0.261 e. The van der Waals surface area contributed by atoms with Gasteiger partial charge in [0.15, 0.2) is 5.82 Å². The normalized spacial score (nSPS) is 19.2. The highest BCUT2D eigenvalue weighted by atomic mass is 35.5. The summed E-state index contributed by atoms with van der Waals surface area (Å²) in [4.78, 5) is 4.67. The van der Waals surface area contributed by atoms with Crippen LogP contribution in [0, 0.1) is 17.2 Å². The summed E-state index contributed by atoms with van der Waals surface area (Å²) in [5.74, 6) is 0.0489. The minimum atomic E-state index is -0.433. The molecule has 0 aliphatic carbocycles. The van der Waals surface area contributed by atoms with Crippen LogP contribution in [0.5, 0.6) is 0 Å². The predicted molar refractivity (Wildman–Crippen MR) is 93.6 cm³/mol. The second-order valence-electron chi connectivity index (χ2n) is 5.64. The van der Waals surface area contributed by atoms with Crippen molar-refractivity contribution in [2.45, 2.75) is 5.92 Å². The SMILES string of the molecule is N#CC1C(c2ccccc2)=Nc2[nH]ncc2C1c1ccccc1Cl. The fourth-order valence-electron chi connectivity index (χ4n) is 3.20. The van der Waals surface area contributed by atoms with Crippen LogP contribution < -0.4 is 0 Å². The van der Waals surface area contributed by atoms with Crippen molar-refractivity contribution in [3.63, 3.8) is 0 Å². The summed E-state index contributed by atoms with van der Waals surface area (Å²) in [5.41, 5.74) is 3.48. The summed E-state index contributed by atoms with van der Waals surface area (Å²) in [7, 11) is 0. The van der Waals surface area contributed by atoms with Gasteiger partial charge in [0, 0.05) is 16.5 Å². The largest absolute Gasteiger partial charge is 0.261 e. The first-order chi connectivity index (χ1) is 11.8. The van der Waals surface area contributed by atoms with E-state index in [9.17, 15) is 5.26 Å². The number of aromatic amines is 1. The molecule has 3 aromatic rings. The lowest BCUT2D eigenvalue weighted by Gasteiger charge is -2.28. The van der Waals surface area contributed by atoms with Crippen LogP contribution in [0.4, 0.5) is 5.82 Å².